The molecule has 3 rings (SSSR count). The molecule has 2 aromatic carbocycles. The van der Waals surface area contributed by atoms with Gasteiger partial charge in [-0.15, -0.1) is 0 Å². The van der Waals surface area contributed by atoms with Gasteiger partial charge in [-0.05, 0) is 30.5 Å². The van der Waals surface area contributed by atoms with Crippen molar-refractivity contribution in [1.29, 1.82) is 0 Å². The zero-order valence-electron chi connectivity index (χ0n) is 18.9. The Morgan fingerprint density at radius 3 is 2.22 bits per heavy atom. The average Bonchev–Trinajstić information content (AvgIpc) is 3.02. The molecule has 2 atom stereocenters. The quantitative estimate of drug-likeness (QED) is 0.546. The second-order valence-electron chi connectivity index (χ2n) is 7.87. The standard InChI is InChI=1S/C25H29N3O4/c1-5-17(2)22(19-12-8-6-9-13-19)25(31)32-16-21(29)26-23-18(3)27(4)28(24(23)30)20-14-10-7-11-15-20/h6-15,17,22H,5,16H2,1-4H3,(H,26,29)/t17-,22-/m0/s1. The summed E-state index contributed by atoms with van der Waals surface area (Å²) in [5.41, 5.74) is 1.96. The van der Waals surface area contributed by atoms with E-state index in [0.29, 0.717) is 11.4 Å². The fourth-order valence-corrected chi connectivity index (χ4v) is 3.71. The average molecular weight is 436 g/mol. The largest absolute Gasteiger partial charge is 0.455 e. The van der Waals surface area contributed by atoms with Crippen LogP contribution in [-0.4, -0.2) is 27.8 Å². The van der Waals surface area contributed by atoms with Gasteiger partial charge in [-0.1, -0.05) is 68.8 Å². The van der Waals surface area contributed by atoms with E-state index in [-0.39, 0.29) is 17.2 Å². The van der Waals surface area contributed by atoms with Crippen molar-refractivity contribution in [3.63, 3.8) is 0 Å². The number of carbonyl (C=O) groups is 2. The molecule has 0 bridgehead atoms. The molecule has 0 spiro atoms. The maximum atomic E-state index is 12.9. The summed E-state index contributed by atoms with van der Waals surface area (Å²) in [5.74, 6) is -1.40. The lowest BCUT2D eigenvalue weighted by Crippen LogP contribution is -2.28. The van der Waals surface area contributed by atoms with E-state index in [0.717, 1.165) is 12.0 Å². The molecule has 0 saturated carbocycles. The van der Waals surface area contributed by atoms with Crippen LogP contribution in [0.5, 0.6) is 0 Å². The second-order valence-corrected chi connectivity index (χ2v) is 7.87. The first kappa shape index (κ1) is 23.1. The van der Waals surface area contributed by atoms with Crippen LogP contribution < -0.4 is 10.9 Å². The van der Waals surface area contributed by atoms with Gasteiger partial charge in [0.05, 0.1) is 17.3 Å². The number of para-hydroxylation sites is 1. The summed E-state index contributed by atoms with van der Waals surface area (Å²) in [6, 6.07) is 18.6. The van der Waals surface area contributed by atoms with Gasteiger partial charge in [0.15, 0.2) is 6.61 Å². The van der Waals surface area contributed by atoms with E-state index in [1.165, 1.54) is 4.68 Å². The fourth-order valence-electron chi connectivity index (χ4n) is 3.71. The van der Waals surface area contributed by atoms with Crippen LogP contribution in [0.4, 0.5) is 5.69 Å². The topological polar surface area (TPSA) is 82.3 Å². The number of nitrogens with zero attached hydrogens (tertiary/aromatic N) is 2. The summed E-state index contributed by atoms with van der Waals surface area (Å²) in [4.78, 5) is 38.3. The predicted octanol–water partition coefficient (Wildman–Crippen LogP) is 3.80. The number of amides is 1. The van der Waals surface area contributed by atoms with E-state index in [2.05, 4.69) is 5.32 Å². The van der Waals surface area contributed by atoms with Gasteiger partial charge in [-0.2, -0.15) is 0 Å². The molecule has 0 fully saturated rings. The Balaban J connectivity index is 1.72. The third kappa shape index (κ3) is 4.82. The summed E-state index contributed by atoms with van der Waals surface area (Å²) >= 11 is 0. The lowest BCUT2D eigenvalue weighted by Gasteiger charge is -2.21. The maximum absolute atomic E-state index is 12.9. The highest BCUT2D eigenvalue weighted by Gasteiger charge is 2.28. The van der Waals surface area contributed by atoms with E-state index in [9.17, 15) is 14.4 Å². The summed E-state index contributed by atoms with van der Waals surface area (Å²) in [5, 5.41) is 2.62. The first-order chi connectivity index (χ1) is 15.3. The van der Waals surface area contributed by atoms with Gasteiger partial charge in [-0.25, -0.2) is 4.68 Å². The summed E-state index contributed by atoms with van der Waals surface area (Å²) in [6.45, 7) is 5.28. The van der Waals surface area contributed by atoms with Crippen molar-refractivity contribution in [3.8, 4) is 5.69 Å². The molecule has 3 aromatic rings. The lowest BCUT2D eigenvalue weighted by atomic mass is 9.86. The highest BCUT2D eigenvalue weighted by Crippen LogP contribution is 2.28. The molecule has 1 N–H and O–H groups in total. The van der Waals surface area contributed by atoms with Crippen LogP contribution in [0.1, 0.15) is 37.4 Å². The maximum Gasteiger partial charge on any atom is 0.314 e. The minimum atomic E-state index is -0.555. The number of aromatic nitrogens is 2. The molecule has 0 aliphatic heterocycles. The van der Waals surface area contributed by atoms with Gasteiger partial charge in [0.1, 0.15) is 5.69 Å². The Morgan fingerprint density at radius 1 is 1.03 bits per heavy atom. The van der Waals surface area contributed by atoms with Gasteiger partial charge in [0.2, 0.25) is 0 Å². The van der Waals surface area contributed by atoms with Crippen molar-refractivity contribution >= 4 is 17.6 Å². The molecule has 1 aromatic heterocycles. The van der Waals surface area contributed by atoms with Crippen LogP contribution in [0.2, 0.25) is 0 Å². The number of hydrogen-bond acceptors (Lipinski definition) is 4. The number of ether oxygens (including phenoxy) is 1. The third-order valence-electron chi connectivity index (χ3n) is 5.79. The van der Waals surface area contributed by atoms with Crippen molar-refractivity contribution in [2.24, 2.45) is 13.0 Å². The minimum absolute atomic E-state index is 0.0578. The van der Waals surface area contributed by atoms with Crippen molar-refractivity contribution < 1.29 is 14.3 Å². The molecule has 0 unspecified atom stereocenters. The van der Waals surface area contributed by atoms with Crippen LogP contribution in [0, 0.1) is 12.8 Å². The zero-order chi connectivity index (χ0) is 23.3. The smallest absolute Gasteiger partial charge is 0.314 e. The van der Waals surface area contributed by atoms with E-state index in [1.807, 2.05) is 74.5 Å². The SMILES string of the molecule is CC[C@H](C)[C@H](C(=O)OCC(=O)Nc1c(C)n(C)n(-c2ccccc2)c1=O)c1ccccc1. The predicted molar refractivity (Wildman–Crippen MR) is 124 cm³/mol. The van der Waals surface area contributed by atoms with E-state index >= 15 is 0 Å². The van der Waals surface area contributed by atoms with Gasteiger partial charge in [0, 0.05) is 7.05 Å². The zero-order valence-corrected chi connectivity index (χ0v) is 18.9. The van der Waals surface area contributed by atoms with Crippen molar-refractivity contribution in [2.75, 3.05) is 11.9 Å². The fraction of sp³-hybridized carbons (Fsp3) is 0.320. The highest BCUT2D eigenvalue weighted by molar-refractivity contribution is 5.93. The normalized spacial score (nSPS) is 12.8. The highest BCUT2D eigenvalue weighted by atomic mass is 16.5. The Hall–Kier alpha value is -3.61. The number of rotatable bonds is 8. The van der Waals surface area contributed by atoms with Crippen LogP contribution in [0.25, 0.3) is 5.69 Å². The number of anilines is 1. The lowest BCUT2D eigenvalue weighted by molar-refractivity contribution is -0.150. The number of esters is 1. The van der Waals surface area contributed by atoms with E-state index < -0.39 is 24.4 Å². The molecule has 0 radical (unpaired) electrons. The van der Waals surface area contributed by atoms with E-state index in [1.54, 1.807) is 18.7 Å². The second kappa shape index (κ2) is 10.1. The first-order valence-corrected chi connectivity index (χ1v) is 10.7. The number of carbonyl (C=O) groups excluding carboxylic acids is 2. The van der Waals surface area contributed by atoms with Gasteiger partial charge in [-0.3, -0.25) is 19.1 Å². The Kier molecular flexibility index (Phi) is 7.30. The number of hydrogen-bond donors (Lipinski definition) is 1. The monoisotopic (exact) mass is 435 g/mol. The molecule has 168 valence electrons. The van der Waals surface area contributed by atoms with Crippen molar-refractivity contribution in [1.82, 2.24) is 9.36 Å². The molecule has 1 heterocycles. The molecule has 1 amide bonds. The first-order valence-electron chi connectivity index (χ1n) is 10.7. The molecular formula is C25H29N3O4. The van der Waals surface area contributed by atoms with Crippen LogP contribution in [0.3, 0.4) is 0 Å². The summed E-state index contributed by atoms with van der Waals surface area (Å²) in [6.07, 6.45) is 0.795. The van der Waals surface area contributed by atoms with Gasteiger partial charge < -0.3 is 10.1 Å². The van der Waals surface area contributed by atoms with Crippen LogP contribution >= 0.6 is 0 Å². The molecule has 7 nitrogen and oxygen atoms in total. The Bertz CT molecular complexity index is 1130. The molecule has 0 saturated heterocycles. The minimum Gasteiger partial charge on any atom is -0.455 e. The summed E-state index contributed by atoms with van der Waals surface area (Å²) in [7, 11) is 1.75. The van der Waals surface area contributed by atoms with Crippen LogP contribution in [-0.2, 0) is 21.4 Å². The number of benzene rings is 2. The van der Waals surface area contributed by atoms with Crippen molar-refractivity contribution in [3.05, 3.63) is 82.3 Å². The van der Waals surface area contributed by atoms with Crippen molar-refractivity contribution in [2.45, 2.75) is 33.1 Å². The van der Waals surface area contributed by atoms with Crippen LogP contribution in [0.15, 0.2) is 65.5 Å². The van der Waals surface area contributed by atoms with Gasteiger partial charge >= 0.3 is 5.97 Å². The molecule has 0 aliphatic rings. The van der Waals surface area contributed by atoms with Gasteiger partial charge in [0.25, 0.3) is 11.5 Å². The third-order valence-corrected chi connectivity index (χ3v) is 5.79. The summed E-state index contributed by atoms with van der Waals surface area (Å²) < 4.78 is 8.50. The molecule has 0 aliphatic carbocycles. The molecule has 32 heavy (non-hydrogen) atoms. The van der Waals surface area contributed by atoms with E-state index in [4.69, 9.17) is 4.74 Å². The Morgan fingerprint density at radius 2 is 1.62 bits per heavy atom. The Labute approximate surface area is 187 Å². The molecule has 7 heteroatoms. The number of nitrogens with one attached hydrogen (secondary N) is 1. The molecular weight excluding hydrogens is 406 g/mol.